The minimum absolute atomic E-state index is 0.0456. The van der Waals surface area contributed by atoms with Gasteiger partial charge in [0, 0.05) is 29.0 Å². The Hall–Kier alpha value is -3.94. The highest BCUT2D eigenvalue weighted by molar-refractivity contribution is 6.04. The highest BCUT2D eigenvalue weighted by atomic mass is 16.5. The van der Waals surface area contributed by atoms with Gasteiger partial charge < -0.3 is 29.0 Å². The van der Waals surface area contributed by atoms with E-state index in [2.05, 4.69) is 5.32 Å². The zero-order valence-corrected chi connectivity index (χ0v) is 23.0. The number of rotatable bonds is 8. The first-order valence-corrected chi connectivity index (χ1v) is 12.6. The van der Waals surface area contributed by atoms with E-state index < -0.39 is 11.9 Å². The number of hydrogen-bond donors (Lipinski definition) is 1. The Balaban J connectivity index is 1.84. The van der Waals surface area contributed by atoms with Crippen molar-refractivity contribution in [3.8, 4) is 23.0 Å². The first-order valence-electron chi connectivity index (χ1n) is 12.6. The monoisotopic (exact) mass is 521 g/mol. The zero-order valence-electron chi connectivity index (χ0n) is 23.0. The molecule has 0 bridgehead atoms. The third-order valence-electron chi connectivity index (χ3n) is 7.01. The van der Waals surface area contributed by atoms with E-state index in [1.165, 1.54) is 0 Å². The number of methoxy groups -OCH3 is 4. The third-order valence-corrected chi connectivity index (χ3v) is 7.01. The van der Waals surface area contributed by atoms with Crippen LogP contribution in [0.3, 0.4) is 0 Å². The Morgan fingerprint density at radius 1 is 0.921 bits per heavy atom. The van der Waals surface area contributed by atoms with Gasteiger partial charge in [0.25, 0.3) is 0 Å². The van der Waals surface area contributed by atoms with E-state index in [-0.39, 0.29) is 24.2 Å². The van der Waals surface area contributed by atoms with Crippen molar-refractivity contribution in [2.75, 3.05) is 28.4 Å². The summed E-state index contributed by atoms with van der Waals surface area (Å²) in [5, 5.41) is 3.38. The predicted octanol–water partition coefficient (Wildman–Crippen LogP) is 5.03. The second kappa shape index (κ2) is 11.2. The van der Waals surface area contributed by atoms with Crippen molar-refractivity contribution in [2.24, 2.45) is 0 Å². The molecular weight excluding hydrogens is 486 g/mol. The predicted molar refractivity (Wildman–Crippen MR) is 143 cm³/mol. The van der Waals surface area contributed by atoms with Gasteiger partial charge in [-0.2, -0.15) is 0 Å². The Labute approximate surface area is 223 Å². The van der Waals surface area contributed by atoms with Crippen molar-refractivity contribution in [1.82, 2.24) is 5.32 Å². The van der Waals surface area contributed by atoms with Gasteiger partial charge in [-0.1, -0.05) is 18.2 Å². The van der Waals surface area contributed by atoms with Crippen LogP contribution in [-0.2, 0) is 14.3 Å². The van der Waals surface area contributed by atoms with Gasteiger partial charge in [0.1, 0.15) is 0 Å². The lowest BCUT2D eigenvalue weighted by atomic mass is 9.71. The van der Waals surface area contributed by atoms with Crippen LogP contribution in [0.2, 0.25) is 0 Å². The van der Waals surface area contributed by atoms with Crippen LogP contribution in [-0.4, -0.2) is 46.3 Å². The van der Waals surface area contributed by atoms with Crippen molar-refractivity contribution in [1.29, 1.82) is 0 Å². The van der Waals surface area contributed by atoms with Gasteiger partial charge in [0.15, 0.2) is 28.8 Å². The normalized spacial score (nSPS) is 19.1. The highest BCUT2D eigenvalue weighted by Crippen LogP contribution is 2.49. The minimum atomic E-state index is -0.665. The van der Waals surface area contributed by atoms with Gasteiger partial charge in [-0.25, -0.2) is 4.79 Å². The maximum atomic E-state index is 13.9. The molecule has 38 heavy (non-hydrogen) atoms. The topological polar surface area (TPSA) is 92.3 Å². The molecule has 1 heterocycles. The number of ether oxygens (including phenoxy) is 5. The fraction of sp³-hybridized carbons (Fsp3) is 0.400. The average molecular weight is 522 g/mol. The molecule has 2 aliphatic rings. The quantitative estimate of drug-likeness (QED) is 0.484. The zero-order chi connectivity index (χ0) is 27.6. The molecular formula is C30H35NO7. The molecule has 2 aromatic carbocycles. The van der Waals surface area contributed by atoms with E-state index >= 15 is 0 Å². The second-order valence-corrected chi connectivity index (χ2v) is 9.67. The molecule has 0 saturated carbocycles. The summed E-state index contributed by atoms with van der Waals surface area (Å²) in [5.41, 5.74) is 4.02. The van der Waals surface area contributed by atoms with Gasteiger partial charge in [-0.05, 0) is 56.9 Å². The van der Waals surface area contributed by atoms with Crippen LogP contribution >= 0.6 is 0 Å². The molecule has 4 rings (SSSR count). The number of carbonyl (C=O) groups is 2. The maximum Gasteiger partial charge on any atom is 0.337 e. The number of Topliss-reactive ketones (excluding diaryl/α,β-unsaturated/α-hetero) is 1. The summed E-state index contributed by atoms with van der Waals surface area (Å²) in [7, 11) is 6.29. The van der Waals surface area contributed by atoms with Crippen molar-refractivity contribution < 1.29 is 33.3 Å². The lowest BCUT2D eigenvalue weighted by molar-refractivity contribution is -0.143. The van der Waals surface area contributed by atoms with Crippen molar-refractivity contribution >= 4 is 11.8 Å². The van der Waals surface area contributed by atoms with Crippen LogP contribution in [0.25, 0.3) is 0 Å². The number of allylic oxidation sites excluding steroid dienone is 3. The number of para-hydroxylation sites is 1. The molecule has 2 aromatic rings. The summed E-state index contributed by atoms with van der Waals surface area (Å²) in [5.74, 6) is 0.989. The van der Waals surface area contributed by atoms with Crippen LogP contribution in [0, 0.1) is 0 Å². The van der Waals surface area contributed by atoms with Crippen LogP contribution in [0.4, 0.5) is 0 Å². The minimum Gasteiger partial charge on any atom is -0.493 e. The summed E-state index contributed by atoms with van der Waals surface area (Å²) < 4.78 is 27.8. The van der Waals surface area contributed by atoms with E-state index in [0.29, 0.717) is 51.8 Å². The molecule has 8 heteroatoms. The largest absolute Gasteiger partial charge is 0.493 e. The number of hydrogen-bond acceptors (Lipinski definition) is 8. The smallest absolute Gasteiger partial charge is 0.337 e. The number of carbonyl (C=O) groups excluding carboxylic acids is 2. The summed E-state index contributed by atoms with van der Waals surface area (Å²) in [6.45, 7) is 5.44. The van der Waals surface area contributed by atoms with Crippen LogP contribution < -0.4 is 24.3 Å². The number of nitrogens with one attached hydrogen (secondary N) is 1. The summed E-state index contributed by atoms with van der Waals surface area (Å²) in [6, 6.07) is 11.2. The second-order valence-electron chi connectivity index (χ2n) is 9.67. The van der Waals surface area contributed by atoms with Crippen LogP contribution in [0.5, 0.6) is 23.0 Å². The van der Waals surface area contributed by atoms with Gasteiger partial charge >= 0.3 is 5.97 Å². The van der Waals surface area contributed by atoms with Gasteiger partial charge in [0.2, 0.25) is 0 Å². The lowest BCUT2D eigenvalue weighted by Gasteiger charge is -2.37. The molecule has 202 valence electrons. The van der Waals surface area contributed by atoms with E-state index in [0.717, 1.165) is 11.3 Å². The van der Waals surface area contributed by atoms with Crippen molar-refractivity contribution in [3.63, 3.8) is 0 Å². The molecule has 0 unspecified atom stereocenters. The summed E-state index contributed by atoms with van der Waals surface area (Å²) >= 11 is 0. The molecule has 0 fully saturated rings. The molecule has 2 atom stereocenters. The Morgan fingerprint density at radius 3 is 2.26 bits per heavy atom. The molecule has 0 aromatic heterocycles. The van der Waals surface area contributed by atoms with Crippen LogP contribution in [0.15, 0.2) is 58.9 Å². The number of dihydropyridines is 1. The van der Waals surface area contributed by atoms with Crippen LogP contribution in [0.1, 0.15) is 56.6 Å². The highest BCUT2D eigenvalue weighted by Gasteiger charge is 2.43. The van der Waals surface area contributed by atoms with E-state index in [9.17, 15) is 9.59 Å². The lowest BCUT2D eigenvalue weighted by Crippen LogP contribution is -2.36. The molecule has 1 aliphatic carbocycles. The van der Waals surface area contributed by atoms with Gasteiger partial charge in [-0.15, -0.1) is 0 Å². The average Bonchev–Trinajstić information content (AvgIpc) is 2.90. The Bertz CT molecular complexity index is 1310. The fourth-order valence-corrected chi connectivity index (χ4v) is 5.38. The van der Waals surface area contributed by atoms with E-state index in [1.807, 2.05) is 37.3 Å². The first-order chi connectivity index (χ1) is 18.2. The summed E-state index contributed by atoms with van der Waals surface area (Å²) in [4.78, 5) is 27.3. The Morgan fingerprint density at radius 2 is 1.63 bits per heavy atom. The summed E-state index contributed by atoms with van der Waals surface area (Å²) in [6.07, 6.45) is 0.551. The molecule has 8 nitrogen and oxygen atoms in total. The number of esters is 1. The number of benzene rings is 2. The fourth-order valence-electron chi connectivity index (χ4n) is 5.38. The maximum absolute atomic E-state index is 13.9. The van der Waals surface area contributed by atoms with E-state index in [4.69, 9.17) is 23.7 Å². The molecule has 1 N–H and O–H groups in total. The number of ketones is 1. The molecule has 0 saturated heterocycles. The molecule has 0 radical (unpaired) electrons. The molecule has 1 aliphatic heterocycles. The molecule has 0 spiro atoms. The Kier molecular flexibility index (Phi) is 7.99. The van der Waals surface area contributed by atoms with Gasteiger partial charge in [0.05, 0.1) is 46.0 Å². The standard InChI is InChI=1S/C30H35NO7/c1-16(2)38-30(33)26-17(3)31-21-13-19(18-11-12-23(34-4)25(15-18)36-6)14-22(32)28(21)27(26)20-9-8-10-24(35-5)29(20)37-7/h8-12,15-16,19,27,31H,13-14H2,1-7H3/t19-,27-/m0/s1. The van der Waals surface area contributed by atoms with E-state index in [1.54, 1.807) is 48.4 Å². The molecule has 0 amide bonds. The third kappa shape index (κ3) is 4.95. The SMILES string of the molecule is COc1ccc([C@@H]2CC(=O)C3=C(C2)NC(C)=C(C(=O)OC(C)C)[C@@H]3c2cccc(OC)c2OC)cc1OC. The van der Waals surface area contributed by atoms with Crippen molar-refractivity contribution in [3.05, 3.63) is 70.1 Å². The van der Waals surface area contributed by atoms with Crippen molar-refractivity contribution in [2.45, 2.75) is 51.6 Å². The van der Waals surface area contributed by atoms with Gasteiger partial charge in [-0.3, -0.25) is 4.79 Å². The first kappa shape index (κ1) is 27.1.